The van der Waals surface area contributed by atoms with E-state index >= 15 is 0 Å². The highest BCUT2D eigenvalue weighted by Crippen LogP contribution is 2.29. The first kappa shape index (κ1) is 13.9. The molecule has 0 radical (unpaired) electrons. The summed E-state index contributed by atoms with van der Waals surface area (Å²) in [5.74, 6) is 0.262. The van der Waals surface area contributed by atoms with Crippen LogP contribution >= 0.6 is 0 Å². The summed E-state index contributed by atoms with van der Waals surface area (Å²) in [7, 11) is 0. The van der Waals surface area contributed by atoms with Crippen LogP contribution in [0.2, 0.25) is 0 Å². The van der Waals surface area contributed by atoms with E-state index in [4.69, 9.17) is 4.74 Å². The Hall–Kier alpha value is -1.57. The first-order valence-corrected chi connectivity index (χ1v) is 7.17. The Morgan fingerprint density at radius 1 is 1.26 bits per heavy atom. The van der Waals surface area contributed by atoms with Gasteiger partial charge in [0, 0.05) is 6.08 Å². The summed E-state index contributed by atoms with van der Waals surface area (Å²) in [6.07, 6.45) is 8.90. The SMILES string of the molecule is C/C=C/C(=O)O[C@@H]1CCCC[C@H]1Cc1ccccc1. The molecule has 0 heterocycles. The standard InChI is InChI=1S/C17H22O2/c1-2-8-17(18)19-16-12-7-6-11-15(16)13-14-9-4-3-5-10-14/h2-5,8-10,15-16H,6-7,11-13H2,1H3/b8-2+/t15-,16+/m0/s1. The Kier molecular flexibility index (Phi) is 5.20. The van der Waals surface area contributed by atoms with Gasteiger partial charge >= 0.3 is 5.97 Å². The Bertz CT molecular complexity index is 422. The van der Waals surface area contributed by atoms with Gasteiger partial charge in [-0.3, -0.25) is 0 Å². The molecule has 2 nitrogen and oxygen atoms in total. The molecule has 2 atom stereocenters. The molecule has 0 aromatic heterocycles. The van der Waals surface area contributed by atoms with Crippen molar-refractivity contribution in [1.82, 2.24) is 0 Å². The van der Waals surface area contributed by atoms with Crippen molar-refractivity contribution in [2.45, 2.75) is 45.1 Å². The summed E-state index contributed by atoms with van der Waals surface area (Å²) >= 11 is 0. The van der Waals surface area contributed by atoms with Crippen LogP contribution in [-0.4, -0.2) is 12.1 Å². The summed E-state index contributed by atoms with van der Waals surface area (Å²) < 4.78 is 5.59. The zero-order valence-corrected chi connectivity index (χ0v) is 11.5. The Morgan fingerprint density at radius 3 is 2.74 bits per heavy atom. The minimum Gasteiger partial charge on any atom is -0.459 e. The van der Waals surface area contributed by atoms with E-state index < -0.39 is 0 Å². The molecule has 19 heavy (non-hydrogen) atoms. The van der Waals surface area contributed by atoms with E-state index in [0.717, 1.165) is 19.3 Å². The number of esters is 1. The second-order valence-electron chi connectivity index (χ2n) is 5.21. The number of allylic oxidation sites excluding steroid dienone is 1. The van der Waals surface area contributed by atoms with Gasteiger partial charge in [0.15, 0.2) is 0 Å². The number of ether oxygens (including phenoxy) is 1. The van der Waals surface area contributed by atoms with Gasteiger partial charge in [-0.15, -0.1) is 0 Å². The molecular weight excluding hydrogens is 236 g/mol. The smallest absolute Gasteiger partial charge is 0.330 e. The lowest BCUT2D eigenvalue weighted by Crippen LogP contribution is -2.31. The molecule has 1 aromatic rings. The van der Waals surface area contributed by atoms with Gasteiger partial charge in [-0.25, -0.2) is 4.79 Å². The molecule has 2 rings (SSSR count). The van der Waals surface area contributed by atoms with E-state index in [2.05, 4.69) is 24.3 Å². The Labute approximate surface area is 115 Å². The lowest BCUT2D eigenvalue weighted by atomic mass is 9.82. The van der Waals surface area contributed by atoms with Crippen LogP contribution in [0.3, 0.4) is 0 Å². The second kappa shape index (κ2) is 7.13. The van der Waals surface area contributed by atoms with Crippen LogP contribution < -0.4 is 0 Å². The first-order valence-electron chi connectivity index (χ1n) is 7.17. The van der Waals surface area contributed by atoms with E-state index in [1.165, 1.54) is 24.5 Å². The maximum absolute atomic E-state index is 11.6. The van der Waals surface area contributed by atoms with Crippen molar-refractivity contribution in [2.24, 2.45) is 5.92 Å². The highest BCUT2D eigenvalue weighted by molar-refractivity contribution is 5.81. The predicted octanol–water partition coefficient (Wildman–Crippen LogP) is 3.91. The van der Waals surface area contributed by atoms with Crippen molar-refractivity contribution in [2.75, 3.05) is 0 Å². The molecule has 1 saturated carbocycles. The van der Waals surface area contributed by atoms with E-state index in [9.17, 15) is 4.79 Å². The molecule has 0 saturated heterocycles. The zero-order valence-electron chi connectivity index (χ0n) is 11.5. The Balaban J connectivity index is 1.97. The zero-order chi connectivity index (χ0) is 13.5. The molecular formula is C17H22O2. The molecule has 1 fully saturated rings. The van der Waals surface area contributed by atoms with Gasteiger partial charge in [-0.05, 0) is 44.1 Å². The number of carbonyl (C=O) groups is 1. The lowest BCUT2D eigenvalue weighted by molar-refractivity contribution is -0.147. The molecule has 0 N–H and O–H groups in total. The highest BCUT2D eigenvalue weighted by atomic mass is 16.5. The monoisotopic (exact) mass is 258 g/mol. The third-order valence-corrected chi connectivity index (χ3v) is 3.75. The van der Waals surface area contributed by atoms with Crippen LogP contribution in [-0.2, 0) is 16.0 Å². The fourth-order valence-corrected chi connectivity index (χ4v) is 2.80. The molecule has 2 heteroatoms. The first-order chi connectivity index (χ1) is 9.29. The van der Waals surface area contributed by atoms with Crippen LogP contribution in [0.25, 0.3) is 0 Å². The fraction of sp³-hybridized carbons (Fsp3) is 0.471. The molecule has 0 spiro atoms. The van der Waals surface area contributed by atoms with Crippen LogP contribution in [0.15, 0.2) is 42.5 Å². The number of hydrogen-bond acceptors (Lipinski definition) is 2. The molecule has 1 aromatic carbocycles. The molecule has 1 aliphatic rings. The number of benzene rings is 1. The molecule has 0 bridgehead atoms. The Morgan fingerprint density at radius 2 is 2.00 bits per heavy atom. The summed E-state index contributed by atoms with van der Waals surface area (Å²) in [6, 6.07) is 10.5. The van der Waals surface area contributed by atoms with Gasteiger partial charge in [-0.1, -0.05) is 42.8 Å². The van der Waals surface area contributed by atoms with Crippen LogP contribution in [0.1, 0.15) is 38.2 Å². The molecule has 0 aliphatic heterocycles. The number of rotatable bonds is 4. The van der Waals surface area contributed by atoms with Crippen molar-refractivity contribution >= 4 is 5.97 Å². The van der Waals surface area contributed by atoms with E-state index in [1.54, 1.807) is 6.08 Å². The lowest BCUT2D eigenvalue weighted by Gasteiger charge is -2.31. The number of hydrogen-bond donors (Lipinski definition) is 0. The van der Waals surface area contributed by atoms with Gasteiger partial charge in [0.05, 0.1) is 0 Å². The van der Waals surface area contributed by atoms with Crippen molar-refractivity contribution < 1.29 is 9.53 Å². The molecule has 1 aliphatic carbocycles. The van der Waals surface area contributed by atoms with Crippen molar-refractivity contribution in [1.29, 1.82) is 0 Å². The van der Waals surface area contributed by atoms with Gasteiger partial charge in [0.1, 0.15) is 6.10 Å². The quantitative estimate of drug-likeness (QED) is 0.604. The maximum Gasteiger partial charge on any atom is 0.330 e. The normalized spacial score (nSPS) is 23.4. The second-order valence-corrected chi connectivity index (χ2v) is 5.21. The summed E-state index contributed by atoms with van der Waals surface area (Å²) in [5.41, 5.74) is 1.33. The van der Waals surface area contributed by atoms with Gasteiger partial charge in [0.25, 0.3) is 0 Å². The maximum atomic E-state index is 11.6. The van der Waals surface area contributed by atoms with Crippen molar-refractivity contribution in [3.8, 4) is 0 Å². The van der Waals surface area contributed by atoms with Crippen LogP contribution in [0, 0.1) is 5.92 Å². The topological polar surface area (TPSA) is 26.3 Å². The number of carbonyl (C=O) groups excluding carboxylic acids is 1. The van der Waals surface area contributed by atoms with Gasteiger partial charge in [0.2, 0.25) is 0 Å². The van der Waals surface area contributed by atoms with E-state index in [-0.39, 0.29) is 12.1 Å². The molecule has 0 amide bonds. The van der Waals surface area contributed by atoms with Crippen molar-refractivity contribution in [3.05, 3.63) is 48.0 Å². The minimum atomic E-state index is -0.201. The van der Waals surface area contributed by atoms with Gasteiger partial charge in [-0.2, -0.15) is 0 Å². The average Bonchev–Trinajstić information content (AvgIpc) is 2.42. The van der Waals surface area contributed by atoms with Gasteiger partial charge < -0.3 is 4.74 Å². The minimum absolute atomic E-state index is 0.0812. The van der Waals surface area contributed by atoms with Crippen molar-refractivity contribution in [3.63, 3.8) is 0 Å². The summed E-state index contributed by atoms with van der Waals surface area (Å²) in [6.45, 7) is 1.84. The van der Waals surface area contributed by atoms with E-state index in [0.29, 0.717) is 5.92 Å². The van der Waals surface area contributed by atoms with Crippen LogP contribution in [0.4, 0.5) is 0 Å². The van der Waals surface area contributed by atoms with E-state index in [1.807, 2.05) is 13.0 Å². The highest BCUT2D eigenvalue weighted by Gasteiger charge is 2.27. The summed E-state index contributed by atoms with van der Waals surface area (Å²) in [5, 5.41) is 0. The van der Waals surface area contributed by atoms with Crippen LogP contribution in [0.5, 0.6) is 0 Å². The summed E-state index contributed by atoms with van der Waals surface area (Å²) in [4.78, 5) is 11.6. The largest absolute Gasteiger partial charge is 0.459 e. The molecule has 102 valence electrons. The fourth-order valence-electron chi connectivity index (χ4n) is 2.80. The predicted molar refractivity (Wildman–Crippen MR) is 76.8 cm³/mol. The third-order valence-electron chi connectivity index (χ3n) is 3.75. The molecule has 0 unspecified atom stereocenters. The third kappa shape index (κ3) is 4.23. The average molecular weight is 258 g/mol.